The third-order valence-corrected chi connectivity index (χ3v) is 11.2. The Hall–Kier alpha value is -2.15. The summed E-state index contributed by atoms with van der Waals surface area (Å²) in [6.45, 7) is 14.1. The number of ketones is 1. The Morgan fingerprint density at radius 1 is 1.03 bits per heavy atom. The summed E-state index contributed by atoms with van der Waals surface area (Å²) in [7, 11) is -0.147. The summed E-state index contributed by atoms with van der Waals surface area (Å²) in [5, 5.41) is 3.72. The average molecular weight is 486 g/mol. The maximum atomic E-state index is 12.2. The highest BCUT2D eigenvalue weighted by atomic mass is 28.4. The number of Topliss-reactive ketones (excluding diaryl/α,β-unsaturated/α-hetero) is 1. The molecule has 2 unspecified atom stereocenters. The topological polar surface area (TPSA) is 56.8 Å². The Morgan fingerprint density at radius 3 is 2.29 bits per heavy atom. The van der Waals surface area contributed by atoms with Crippen LogP contribution in [0, 0.1) is 0 Å². The minimum Gasteiger partial charge on any atom is -0.495 e. The fourth-order valence-corrected chi connectivity index (χ4v) is 4.64. The standard InChI is InChI=1S/C28H43NO4Si/c1-22(30)20-25(29-24-16-11-12-17-26(24)31-5)27(32-21-23-14-9-8-10-15-23)18-13-19-33-34(6,7)28(2,3)4/h8-12,14-17,25,27,29H,13,18-21H2,1-7H3. The molecule has 34 heavy (non-hydrogen) atoms. The van der Waals surface area contributed by atoms with Crippen LogP contribution in [0.4, 0.5) is 5.69 Å². The fourth-order valence-electron chi connectivity index (χ4n) is 3.56. The molecule has 2 rings (SSSR count). The van der Waals surface area contributed by atoms with Crippen molar-refractivity contribution in [2.75, 3.05) is 19.0 Å². The molecule has 0 aliphatic carbocycles. The van der Waals surface area contributed by atoms with Gasteiger partial charge in [-0.15, -0.1) is 0 Å². The summed E-state index contributed by atoms with van der Waals surface area (Å²) in [5.41, 5.74) is 1.98. The quantitative estimate of drug-likeness (QED) is 0.234. The van der Waals surface area contributed by atoms with Crippen LogP contribution < -0.4 is 10.1 Å². The molecule has 188 valence electrons. The maximum absolute atomic E-state index is 12.2. The molecule has 0 aliphatic rings. The summed E-state index contributed by atoms with van der Waals surface area (Å²) in [6.07, 6.45) is 1.88. The van der Waals surface area contributed by atoms with Gasteiger partial charge in [0.15, 0.2) is 8.32 Å². The summed E-state index contributed by atoms with van der Waals surface area (Å²) in [4.78, 5) is 12.2. The molecule has 0 spiro atoms. The van der Waals surface area contributed by atoms with E-state index in [2.05, 4.69) is 51.3 Å². The molecule has 0 aliphatic heterocycles. The largest absolute Gasteiger partial charge is 0.495 e. The highest BCUT2D eigenvalue weighted by molar-refractivity contribution is 6.74. The van der Waals surface area contributed by atoms with Gasteiger partial charge in [0, 0.05) is 13.0 Å². The molecule has 5 nitrogen and oxygen atoms in total. The summed E-state index contributed by atoms with van der Waals surface area (Å²) in [6, 6.07) is 17.8. The Labute approximate surface area is 207 Å². The molecule has 0 aromatic heterocycles. The average Bonchev–Trinajstić information content (AvgIpc) is 2.78. The third kappa shape index (κ3) is 8.89. The lowest BCUT2D eigenvalue weighted by molar-refractivity contribution is -0.118. The number of carbonyl (C=O) groups excluding carboxylic acids is 1. The molecular formula is C28H43NO4Si. The van der Waals surface area contributed by atoms with Crippen molar-refractivity contribution in [1.82, 2.24) is 0 Å². The zero-order valence-electron chi connectivity index (χ0n) is 22.0. The third-order valence-electron chi connectivity index (χ3n) is 6.61. The van der Waals surface area contributed by atoms with E-state index >= 15 is 0 Å². The fraction of sp³-hybridized carbons (Fsp3) is 0.536. The number of ether oxygens (including phenoxy) is 2. The van der Waals surface area contributed by atoms with E-state index in [1.54, 1.807) is 14.0 Å². The first-order chi connectivity index (χ1) is 16.0. The number of hydrogen-bond acceptors (Lipinski definition) is 5. The van der Waals surface area contributed by atoms with Gasteiger partial charge < -0.3 is 19.2 Å². The predicted octanol–water partition coefficient (Wildman–Crippen LogP) is 6.84. The van der Waals surface area contributed by atoms with Gasteiger partial charge in [0.1, 0.15) is 11.5 Å². The van der Waals surface area contributed by atoms with E-state index in [9.17, 15) is 4.79 Å². The van der Waals surface area contributed by atoms with Gasteiger partial charge in [0.25, 0.3) is 0 Å². The number of methoxy groups -OCH3 is 1. The van der Waals surface area contributed by atoms with Crippen LogP contribution in [0.1, 0.15) is 52.5 Å². The Morgan fingerprint density at radius 2 is 1.68 bits per heavy atom. The number of para-hydroxylation sites is 2. The van der Waals surface area contributed by atoms with Crippen LogP contribution in [-0.4, -0.2) is 40.0 Å². The number of carbonyl (C=O) groups is 1. The highest BCUT2D eigenvalue weighted by Gasteiger charge is 2.37. The minimum absolute atomic E-state index is 0.123. The van der Waals surface area contributed by atoms with E-state index in [0.717, 1.165) is 29.8 Å². The molecule has 1 N–H and O–H groups in total. The molecule has 0 saturated carbocycles. The van der Waals surface area contributed by atoms with Crippen LogP contribution in [-0.2, 0) is 20.6 Å². The molecule has 2 aromatic rings. The lowest BCUT2D eigenvalue weighted by Crippen LogP contribution is -2.41. The monoisotopic (exact) mass is 485 g/mol. The first-order valence-corrected chi connectivity index (χ1v) is 15.1. The van der Waals surface area contributed by atoms with Gasteiger partial charge in [-0.2, -0.15) is 0 Å². The zero-order valence-corrected chi connectivity index (χ0v) is 23.0. The lowest BCUT2D eigenvalue weighted by atomic mass is 10.00. The molecular weight excluding hydrogens is 442 g/mol. The van der Waals surface area contributed by atoms with Crippen molar-refractivity contribution in [1.29, 1.82) is 0 Å². The van der Waals surface area contributed by atoms with Gasteiger partial charge in [-0.3, -0.25) is 4.79 Å². The number of nitrogens with one attached hydrogen (secondary N) is 1. The van der Waals surface area contributed by atoms with E-state index in [4.69, 9.17) is 13.9 Å². The van der Waals surface area contributed by atoms with Gasteiger partial charge >= 0.3 is 0 Å². The maximum Gasteiger partial charge on any atom is 0.191 e. The van der Waals surface area contributed by atoms with Gasteiger partial charge in [-0.25, -0.2) is 0 Å². The van der Waals surface area contributed by atoms with Crippen LogP contribution in [0.3, 0.4) is 0 Å². The first-order valence-electron chi connectivity index (χ1n) is 12.2. The number of anilines is 1. The molecule has 0 saturated heterocycles. The lowest BCUT2D eigenvalue weighted by Gasteiger charge is -2.36. The van der Waals surface area contributed by atoms with Gasteiger partial charge in [-0.05, 0) is 55.6 Å². The Bertz CT molecular complexity index is 879. The van der Waals surface area contributed by atoms with Crippen LogP contribution >= 0.6 is 0 Å². The molecule has 0 heterocycles. The van der Waals surface area contributed by atoms with E-state index < -0.39 is 8.32 Å². The SMILES string of the molecule is COc1ccccc1NC(CC(C)=O)C(CCCO[Si](C)(C)C(C)(C)C)OCc1ccccc1. The van der Waals surface area contributed by atoms with Crippen molar-refractivity contribution in [3.63, 3.8) is 0 Å². The van der Waals surface area contributed by atoms with Crippen molar-refractivity contribution >= 4 is 19.8 Å². The zero-order chi connectivity index (χ0) is 25.2. The van der Waals surface area contributed by atoms with Crippen LogP contribution in [0.2, 0.25) is 18.1 Å². The molecule has 2 atom stereocenters. The molecule has 0 bridgehead atoms. The van der Waals surface area contributed by atoms with Crippen molar-refractivity contribution in [3.8, 4) is 5.75 Å². The van der Waals surface area contributed by atoms with E-state index in [1.165, 1.54) is 0 Å². The normalized spacial score (nSPS) is 13.9. The van der Waals surface area contributed by atoms with Crippen molar-refractivity contribution in [3.05, 3.63) is 60.2 Å². The smallest absolute Gasteiger partial charge is 0.191 e. The summed E-state index contributed by atoms with van der Waals surface area (Å²) < 4.78 is 18.4. The Balaban J connectivity index is 2.16. The van der Waals surface area contributed by atoms with Crippen LogP contribution in [0.5, 0.6) is 5.75 Å². The predicted molar refractivity (Wildman–Crippen MR) is 143 cm³/mol. The van der Waals surface area contributed by atoms with Crippen molar-refractivity contribution in [2.24, 2.45) is 0 Å². The highest BCUT2D eigenvalue weighted by Crippen LogP contribution is 2.36. The molecule has 0 fully saturated rings. The minimum atomic E-state index is -1.80. The number of rotatable bonds is 14. The number of hydrogen-bond donors (Lipinski definition) is 1. The van der Waals surface area contributed by atoms with Crippen molar-refractivity contribution < 1.29 is 18.7 Å². The summed E-state index contributed by atoms with van der Waals surface area (Å²) >= 11 is 0. The van der Waals surface area contributed by atoms with E-state index in [1.807, 2.05) is 42.5 Å². The van der Waals surface area contributed by atoms with Crippen molar-refractivity contribution in [2.45, 2.75) is 83.8 Å². The molecule has 6 heteroatoms. The van der Waals surface area contributed by atoms with Gasteiger partial charge in [0.2, 0.25) is 0 Å². The van der Waals surface area contributed by atoms with Crippen LogP contribution in [0.15, 0.2) is 54.6 Å². The first kappa shape index (κ1) is 28.1. The number of benzene rings is 2. The van der Waals surface area contributed by atoms with Gasteiger partial charge in [0.05, 0.1) is 31.5 Å². The van der Waals surface area contributed by atoms with Crippen LogP contribution in [0.25, 0.3) is 0 Å². The summed E-state index contributed by atoms with van der Waals surface area (Å²) in [5.74, 6) is 0.873. The Kier molecular flexibility index (Phi) is 10.8. The van der Waals surface area contributed by atoms with E-state index in [-0.39, 0.29) is 23.0 Å². The second-order valence-electron chi connectivity index (χ2n) is 10.4. The van der Waals surface area contributed by atoms with E-state index in [0.29, 0.717) is 19.6 Å². The molecule has 0 amide bonds. The molecule has 0 radical (unpaired) electrons. The molecule has 2 aromatic carbocycles. The second-order valence-corrected chi connectivity index (χ2v) is 15.3. The van der Waals surface area contributed by atoms with Gasteiger partial charge in [-0.1, -0.05) is 63.2 Å². The second kappa shape index (κ2) is 13.1.